The van der Waals surface area contributed by atoms with Crippen LogP contribution in [0.1, 0.15) is 0 Å². The summed E-state index contributed by atoms with van der Waals surface area (Å²) in [6.45, 7) is -0.0681. The van der Waals surface area contributed by atoms with E-state index in [1.54, 1.807) is 0 Å². The van der Waals surface area contributed by atoms with E-state index in [-0.39, 0.29) is 12.5 Å². The monoisotopic (exact) mass is 279 g/mol. The highest BCUT2D eigenvalue weighted by molar-refractivity contribution is 9.10. The van der Waals surface area contributed by atoms with Gasteiger partial charge in [-0.3, -0.25) is 10.1 Å². The Balaban J connectivity index is 3.06. The predicted octanol–water partition coefficient (Wildman–Crippen LogP) is 2.48. The molecule has 0 N–H and O–H groups in total. The number of nitro benzene ring substituents is 1. The van der Waals surface area contributed by atoms with Crippen molar-refractivity contribution < 1.29 is 18.8 Å². The van der Waals surface area contributed by atoms with Crippen molar-refractivity contribution in [2.24, 2.45) is 0 Å². The molecule has 0 spiro atoms. The molecule has 82 valence electrons. The van der Waals surface area contributed by atoms with Crippen molar-refractivity contribution in [1.29, 1.82) is 0 Å². The molecular formula is C8H7BrFNO4. The van der Waals surface area contributed by atoms with Gasteiger partial charge in [0.25, 0.3) is 0 Å². The molecule has 5 nitrogen and oxygen atoms in total. The average molecular weight is 280 g/mol. The molecule has 15 heavy (non-hydrogen) atoms. The summed E-state index contributed by atoms with van der Waals surface area (Å²) >= 11 is 3.02. The molecule has 0 saturated heterocycles. The molecule has 0 aliphatic carbocycles. The summed E-state index contributed by atoms with van der Waals surface area (Å²) in [4.78, 5) is 9.60. The van der Waals surface area contributed by atoms with Gasteiger partial charge in [-0.2, -0.15) is 4.39 Å². The lowest BCUT2D eigenvalue weighted by Gasteiger charge is -2.06. The molecule has 1 aromatic carbocycles. The minimum Gasteiger partial charge on any atom is -0.466 e. The van der Waals surface area contributed by atoms with Crippen LogP contribution in [0, 0.1) is 15.9 Å². The van der Waals surface area contributed by atoms with E-state index in [1.807, 2.05) is 0 Å². The molecule has 0 aliphatic heterocycles. The fourth-order valence-corrected chi connectivity index (χ4v) is 1.32. The first-order chi connectivity index (χ1) is 7.06. The second-order valence-electron chi connectivity index (χ2n) is 2.54. The third-order valence-corrected chi connectivity index (χ3v) is 2.15. The van der Waals surface area contributed by atoms with E-state index >= 15 is 0 Å². The molecule has 0 unspecified atom stereocenters. The van der Waals surface area contributed by atoms with Crippen molar-refractivity contribution in [2.45, 2.75) is 0 Å². The van der Waals surface area contributed by atoms with Crippen LogP contribution in [-0.2, 0) is 4.74 Å². The molecule has 0 aliphatic rings. The van der Waals surface area contributed by atoms with Gasteiger partial charge in [0, 0.05) is 7.11 Å². The molecule has 0 aromatic heterocycles. The molecule has 0 bridgehead atoms. The number of hydrogen-bond donors (Lipinski definition) is 0. The van der Waals surface area contributed by atoms with E-state index in [9.17, 15) is 14.5 Å². The molecular weight excluding hydrogens is 273 g/mol. The van der Waals surface area contributed by atoms with Crippen LogP contribution in [0.2, 0.25) is 0 Å². The topological polar surface area (TPSA) is 61.6 Å². The van der Waals surface area contributed by atoms with E-state index in [0.29, 0.717) is 4.47 Å². The number of halogens is 2. The van der Waals surface area contributed by atoms with Gasteiger partial charge in [0.15, 0.2) is 6.79 Å². The Hall–Kier alpha value is -1.21. The summed E-state index contributed by atoms with van der Waals surface area (Å²) in [5.41, 5.74) is -0.635. The maximum atomic E-state index is 13.0. The van der Waals surface area contributed by atoms with Crippen LogP contribution in [0.5, 0.6) is 5.75 Å². The zero-order valence-electron chi connectivity index (χ0n) is 7.70. The lowest BCUT2D eigenvalue weighted by molar-refractivity contribution is -0.387. The fourth-order valence-electron chi connectivity index (χ4n) is 0.891. The largest absolute Gasteiger partial charge is 0.466 e. The number of nitro groups is 1. The maximum absolute atomic E-state index is 13.0. The number of hydrogen-bond acceptors (Lipinski definition) is 4. The number of ether oxygens (including phenoxy) is 2. The van der Waals surface area contributed by atoms with E-state index < -0.39 is 16.4 Å². The van der Waals surface area contributed by atoms with Crippen molar-refractivity contribution in [1.82, 2.24) is 0 Å². The van der Waals surface area contributed by atoms with Gasteiger partial charge in [-0.25, -0.2) is 0 Å². The number of benzene rings is 1. The molecule has 0 fully saturated rings. The van der Waals surface area contributed by atoms with Gasteiger partial charge in [-0.05, 0) is 22.0 Å². The summed E-state index contributed by atoms with van der Waals surface area (Å²) in [7, 11) is 1.41. The van der Waals surface area contributed by atoms with Gasteiger partial charge in [0.1, 0.15) is 5.75 Å². The fraction of sp³-hybridized carbons (Fsp3) is 0.250. The molecule has 7 heteroatoms. The molecule has 0 atom stereocenters. The Morgan fingerprint density at radius 3 is 2.80 bits per heavy atom. The van der Waals surface area contributed by atoms with Gasteiger partial charge in [-0.15, -0.1) is 0 Å². The van der Waals surface area contributed by atoms with Gasteiger partial charge in [0.05, 0.1) is 15.5 Å². The first kappa shape index (κ1) is 11.9. The maximum Gasteiger partial charge on any atom is 0.308 e. The van der Waals surface area contributed by atoms with Crippen LogP contribution in [-0.4, -0.2) is 18.8 Å². The van der Waals surface area contributed by atoms with E-state index in [2.05, 4.69) is 20.7 Å². The number of rotatable bonds is 4. The van der Waals surface area contributed by atoms with E-state index in [4.69, 9.17) is 4.74 Å². The summed E-state index contributed by atoms with van der Waals surface area (Å²) < 4.78 is 23.0. The molecule has 0 saturated carbocycles. The normalized spacial score (nSPS) is 10.1. The van der Waals surface area contributed by atoms with Crippen molar-refractivity contribution in [3.05, 3.63) is 32.5 Å². The SMILES string of the molecule is COCOc1cc([N+](=O)[O-])c(F)cc1Br. The molecule has 1 aromatic rings. The molecule has 0 heterocycles. The minimum atomic E-state index is -0.920. The van der Waals surface area contributed by atoms with E-state index in [1.165, 1.54) is 7.11 Å². The molecule has 1 rings (SSSR count). The smallest absolute Gasteiger partial charge is 0.308 e. The van der Waals surface area contributed by atoms with Crippen molar-refractivity contribution in [3.63, 3.8) is 0 Å². The summed E-state index contributed by atoms with van der Waals surface area (Å²) in [6, 6.07) is 1.97. The molecule has 0 amide bonds. The summed E-state index contributed by atoms with van der Waals surface area (Å²) in [5, 5.41) is 10.4. The van der Waals surface area contributed by atoms with Crippen LogP contribution < -0.4 is 4.74 Å². The zero-order valence-corrected chi connectivity index (χ0v) is 9.28. The minimum absolute atomic E-state index is 0.0681. The quantitative estimate of drug-likeness (QED) is 0.483. The first-order valence-electron chi connectivity index (χ1n) is 3.81. The third-order valence-electron chi connectivity index (χ3n) is 1.53. The highest BCUT2D eigenvalue weighted by Gasteiger charge is 2.18. The summed E-state index contributed by atoms with van der Waals surface area (Å²) in [5.74, 6) is -0.762. The Kier molecular flexibility index (Phi) is 3.98. The highest BCUT2D eigenvalue weighted by atomic mass is 79.9. The summed E-state index contributed by atoms with van der Waals surface area (Å²) in [6.07, 6.45) is 0. The van der Waals surface area contributed by atoms with E-state index in [0.717, 1.165) is 12.1 Å². The van der Waals surface area contributed by atoms with Gasteiger partial charge >= 0.3 is 5.69 Å². The lowest BCUT2D eigenvalue weighted by Crippen LogP contribution is -2.01. The van der Waals surface area contributed by atoms with Crippen molar-refractivity contribution in [2.75, 3.05) is 13.9 Å². The van der Waals surface area contributed by atoms with Crippen LogP contribution in [0.3, 0.4) is 0 Å². The number of nitrogens with zero attached hydrogens (tertiary/aromatic N) is 1. The van der Waals surface area contributed by atoms with Crippen LogP contribution in [0.15, 0.2) is 16.6 Å². The van der Waals surface area contributed by atoms with Gasteiger partial charge < -0.3 is 9.47 Å². The predicted molar refractivity (Wildman–Crippen MR) is 53.3 cm³/mol. The average Bonchev–Trinajstić information content (AvgIpc) is 2.16. The van der Waals surface area contributed by atoms with Crippen molar-refractivity contribution in [3.8, 4) is 5.75 Å². The highest BCUT2D eigenvalue weighted by Crippen LogP contribution is 2.31. The second-order valence-corrected chi connectivity index (χ2v) is 3.40. The van der Waals surface area contributed by atoms with Gasteiger partial charge in [0.2, 0.25) is 5.82 Å². The second kappa shape index (κ2) is 5.04. The number of methoxy groups -OCH3 is 1. The van der Waals surface area contributed by atoms with Crippen LogP contribution >= 0.6 is 15.9 Å². The Morgan fingerprint density at radius 1 is 1.60 bits per heavy atom. The van der Waals surface area contributed by atoms with Crippen LogP contribution in [0.4, 0.5) is 10.1 Å². The third kappa shape index (κ3) is 2.87. The molecule has 0 radical (unpaired) electrons. The first-order valence-corrected chi connectivity index (χ1v) is 4.60. The zero-order chi connectivity index (χ0) is 11.4. The Morgan fingerprint density at radius 2 is 2.27 bits per heavy atom. The van der Waals surface area contributed by atoms with Crippen LogP contribution in [0.25, 0.3) is 0 Å². The van der Waals surface area contributed by atoms with Crippen molar-refractivity contribution >= 4 is 21.6 Å². The Bertz CT molecular complexity index is 385. The lowest BCUT2D eigenvalue weighted by atomic mass is 10.3. The standard InChI is InChI=1S/C8H7BrFNO4/c1-14-4-15-8-3-7(11(12)13)6(10)2-5(8)9/h2-3H,4H2,1H3. The van der Waals surface area contributed by atoms with Gasteiger partial charge in [-0.1, -0.05) is 0 Å². The Labute approximate surface area is 93.1 Å².